The largest absolute Gasteiger partial charge is 0.348 e. The fourth-order valence-corrected chi connectivity index (χ4v) is 4.74. The van der Waals surface area contributed by atoms with E-state index in [1.165, 1.54) is 0 Å². The third-order valence-electron chi connectivity index (χ3n) is 4.68. The van der Waals surface area contributed by atoms with Gasteiger partial charge in [0.2, 0.25) is 0 Å². The Bertz CT molecular complexity index is 893. The number of nitrogens with one attached hydrogen (secondary N) is 1. The number of para-hydroxylation sites is 1. The lowest BCUT2D eigenvalue weighted by molar-refractivity contribution is 0.0926. The summed E-state index contributed by atoms with van der Waals surface area (Å²) in [6.07, 6.45) is 3.38. The zero-order valence-corrected chi connectivity index (χ0v) is 14.1. The van der Waals surface area contributed by atoms with Crippen molar-refractivity contribution in [3.8, 4) is 0 Å². The van der Waals surface area contributed by atoms with Crippen molar-refractivity contribution in [3.05, 3.63) is 47.5 Å². The molecule has 3 aromatic rings. The van der Waals surface area contributed by atoms with Crippen molar-refractivity contribution in [3.63, 3.8) is 0 Å². The van der Waals surface area contributed by atoms with Gasteiger partial charge in [-0.25, -0.2) is 4.98 Å². The first kappa shape index (κ1) is 14.6. The van der Waals surface area contributed by atoms with Gasteiger partial charge < -0.3 is 9.55 Å². The van der Waals surface area contributed by atoms with Gasteiger partial charge in [0.1, 0.15) is 0 Å². The Morgan fingerprint density at radius 1 is 1.39 bits per heavy atom. The normalized spacial score (nSPS) is 17.7. The second-order valence-electron chi connectivity index (χ2n) is 6.01. The summed E-state index contributed by atoms with van der Waals surface area (Å²) >= 11 is 1.80. The lowest BCUT2D eigenvalue weighted by atomic mass is 9.93. The van der Waals surface area contributed by atoms with Gasteiger partial charge in [-0.2, -0.15) is 0 Å². The van der Waals surface area contributed by atoms with E-state index in [1.54, 1.807) is 18.1 Å². The number of benzene rings is 1. The van der Waals surface area contributed by atoms with Crippen molar-refractivity contribution >= 4 is 28.4 Å². The summed E-state index contributed by atoms with van der Waals surface area (Å²) in [7, 11) is 2.05. The van der Waals surface area contributed by atoms with Crippen molar-refractivity contribution in [2.45, 2.75) is 24.8 Å². The molecular formula is C18H19N3OS. The number of H-pyrrole nitrogens is 1. The zero-order chi connectivity index (χ0) is 16.0. The van der Waals surface area contributed by atoms with E-state index in [-0.39, 0.29) is 11.7 Å². The predicted octanol–water partition coefficient (Wildman–Crippen LogP) is 3.61. The quantitative estimate of drug-likeness (QED) is 0.800. The molecule has 1 unspecified atom stereocenters. The average Bonchev–Trinajstić information content (AvgIpc) is 3.14. The molecule has 3 heterocycles. The Morgan fingerprint density at radius 3 is 3.04 bits per heavy atom. The molecule has 1 aliphatic heterocycles. The molecule has 4 nitrogen and oxygen atoms in total. The van der Waals surface area contributed by atoms with Gasteiger partial charge in [0.15, 0.2) is 5.78 Å². The number of ketones is 1. The van der Waals surface area contributed by atoms with Gasteiger partial charge in [0, 0.05) is 41.7 Å². The molecule has 118 valence electrons. The number of aromatic amines is 1. The van der Waals surface area contributed by atoms with Crippen LogP contribution in [-0.2, 0) is 19.9 Å². The van der Waals surface area contributed by atoms with Crippen molar-refractivity contribution in [2.24, 2.45) is 13.0 Å². The van der Waals surface area contributed by atoms with Gasteiger partial charge in [-0.05, 0) is 12.5 Å². The number of aromatic nitrogens is 3. The fourth-order valence-electron chi connectivity index (χ4n) is 3.47. The van der Waals surface area contributed by atoms with Gasteiger partial charge in [-0.15, -0.1) is 11.8 Å². The molecule has 1 atom stereocenters. The second-order valence-corrected chi connectivity index (χ2v) is 7.02. The lowest BCUT2D eigenvalue weighted by Crippen LogP contribution is -2.25. The number of Topliss-reactive ketones (excluding diaryl/α,β-unsaturated/α-hetero) is 1. The van der Waals surface area contributed by atoms with Gasteiger partial charge in [-0.3, -0.25) is 4.79 Å². The molecule has 0 aliphatic carbocycles. The zero-order valence-electron chi connectivity index (χ0n) is 13.3. The number of carbonyl (C=O) groups excluding carboxylic acids is 1. The van der Waals surface area contributed by atoms with Crippen molar-refractivity contribution in [1.82, 2.24) is 14.5 Å². The van der Waals surface area contributed by atoms with E-state index in [2.05, 4.69) is 33.6 Å². The van der Waals surface area contributed by atoms with Gasteiger partial charge in [0.05, 0.1) is 22.6 Å². The molecule has 0 saturated carbocycles. The van der Waals surface area contributed by atoms with E-state index in [9.17, 15) is 4.79 Å². The highest BCUT2D eigenvalue weighted by Gasteiger charge is 2.33. The number of nitrogens with zero attached hydrogens (tertiary/aromatic N) is 2. The number of rotatable bonds is 3. The van der Waals surface area contributed by atoms with Crippen LogP contribution in [-0.4, -0.2) is 26.1 Å². The molecule has 2 aromatic heterocycles. The molecule has 0 spiro atoms. The summed E-state index contributed by atoms with van der Waals surface area (Å²) in [5, 5.41) is 2.18. The molecule has 0 amide bonds. The minimum absolute atomic E-state index is 0.0176. The van der Waals surface area contributed by atoms with Gasteiger partial charge in [-0.1, -0.05) is 25.1 Å². The molecule has 0 fully saturated rings. The maximum atomic E-state index is 13.1. The maximum absolute atomic E-state index is 13.1. The molecule has 5 heteroatoms. The topological polar surface area (TPSA) is 50.7 Å². The van der Waals surface area contributed by atoms with E-state index >= 15 is 0 Å². The number of fused-ring (bicyclic) bond motifs is 3. The number of aryl methyl sites for hydroxylation is 2. The smallest absolute Gasteiger partial charge is 0.170 e. The van der Waals surface area contributed by atoms with Crippen LogP contribution in [0.5, 0.6) is 0 Å². The molecule has 23 heavy (non-hydrogen) atoms. The molecule has 0 saturated heterocycles. The van der Waals surface area contributed by atoms with Crippen LogP contribution in [0.15, 0.2) is 35.6 Å². The first-order valence-electron chi connectivity index (χ1n) is 7.96. The van der Waals surface area contributed by atoms with Crippen LogP contribution >= 0.6 is 11.8 Å². The fraction of sp³-hybridized carbons (Fsp3) is 0.333. The Kier molecular flexibility index (Phi) is 3.53. The van der Waals surface area contributed by atoms with Crippen molar-refractivity contribution in [2.75, 3.05) is 5.75 Å². The monoisotopic (exact) mass is 325 g/mol. The van der Waals surface area contributed by atoms with Crippen LogP contribution in [0.1, 0.15) is 28.7 Å². The van der Waals surface area contributed by atoms with Crippen LogP contribution in [0.2, 0.25) is 0 Å². The molecule has 1 aliphatic rings. The van der Waals surface area contributed by atoms with Crippen LogP contribution in [0.3, 0.4) is 0 Å². The Labute approximate surface area is 139 Å². The average molecular weight is 325 g/mol. The van der Waals surface area contributed by atoms with E-state index in [0.29, 0.717) is 0 Å². The summed E-state index contributed by atoms with van der Waals surface area (Å²) < 4.78 is 2.15. The molecule has 0 bridgehead atoms. The third-order valence-corrected chi connectivity index (χ3v) is 6.01. The van der Waals surface area contributed by atoms with Crippen molar-refractivity contribution < 1.29 is 4.79 Å². The SMILES string of the molecule is CCc1nc[nH]c1CC1CSc2c(c3ccccc3n2C)C1=O. The Morgan fingerprint density at radius 2 is 2.22 bits per heavy atom. The van der Waals surface area contributed by atoms with Crippen LogP contribution in [0.25, 0.3) is 10.9 Å². The van der Waals surface area contributed by atoms with Crippen LogP contribution in [0.4, 0.5) is 0 Å². The lowest BCUT2D eigenvalue weighted by Gasteiger charge is -2.21. The first-order valence-corrected chi connectivity index (χ1v) is 8.94. The molecular weight excluding hydrogens is 306 g/mol. The number of imidazole rings is 1. The highest BCUT2D eigenvalue weighted by Crippen LogP contribution is 2.40. The summed E-state index contributed by atoms with van der Waals surface area (Å²) in [5.41, 5.74) is 4.22. The van der Waals surface area contributed by atoms with E-state index in [1.807, 2.05) is 19.2 Å². The van der Waals surface area contributed by atoms with Crippen LogP contribution < -0.4 is 0 Å². The highest BCUT2D eigenvalue weighted by molar-refractivity contribution is 7.99. The molecule has 1 N–H and O–H groups in total. The van der Waals surface area contributed by atoms with Gasteiger partial charge >= 0.3 is 0 Å². The van der Waals surface area contributed by atoms with Crippen LogP contribution in [0, 0.1) is 5.92 Å². The van der Waals surface area contributed by atoms with Gasteiger partial charge in [0.25, 0.3) is 0 Å². The summed E-state index contributed by atoms with van der Waals surface area (Å²) in [6, 6.07) is 8.18. The summed E-state index contributed by atoms with van der Waals surface area (Å²) in [4.78, 5) is 20.7. The second kappa shape index (κ2) is 5.57. The standard InChI is InChI=1S/C18H19N3OS/c1-3-13-14(20-10-19-13)8-11-9-23-18-16(17(11)22)12-6-4-5-7-15(12)21(18)2/h4-7,10-11H,3,8-9H2,1-2H3,(H,19,20). The third kappa shape index (κ3) is 2.22. The summed E-state index contributed by atoms with van der Waals surface area (Å²) in [6.45, 7) is 2.10. The minimum Gasteiger partial charge on any atom is -0.348 e. The maximum Gasteiger partial charge on any atom is 0.170 e. The molecule has 1 aromatic carbocycles. The number of carbonyl (C=O) groups is 1. The first-order chi connectivity index (χ1) is 11.2. The number of hydrogen-bond donors (Lipinski definition) is 1. The van der Waals surface area contributed by atoms with Crippen molar-refractivity contribution in [1.29, 1.82) is 0 Å². The predicted molar refractivity (Wildman–Crippen MR) is 93.1 cm³/mol. The molecule has 4 rings (SSSR count). The molecule has 0 radical (unpaired) electrons. The Balaban J connectivity index is 1.73. The van der Waals surface area contributed by atoms with E-state index < -0.39 is 0 Å². The van der Waals surface area contributed by atoms with E-state index in [0.717, 1.165) is 51.5 Å². The summed E-state index contributed by atoms with van der Waals surface area (Å²) in [5.74, 6) is 1.12. The van der Waals surface area contributed by atoms with E-state index in [4.69, 9.17) is 0 Å². The Hall–Kier alpha value is -2.01. The highest BCUT2D eigenvalue weighted by atomic mass is 32.2. The minimum atomic E-state index is 0.0176. The number of hydrogen-bond acceptors (Lipinski definition) is 3. The number of thioether (sulfide) groups is 1.